The summed E-state index contributed by atoms with van der Waals surface area (Å²) in [5.41, 5.74) is 7.70. The summed E-state index contributed by atoms with van der Waals surface area (Å²) in [5.74, 6) is -2.84. The Kier molecular flexibility index (Phi) is 9.06. The van der Waals surface area contributed by atoms with E-state index in [4.69, 9.17) is 30.9 Å². The van der Waals surface area contributed by atoms with Crippen LogP contribution in [0.4, 0.5) is 0 Å². The Hall–Kier alpha value is -3.15. The molecule has 29 heavy (non-hydrogen) atoms. The monoisotopic (exact) mass is 411 g/mol. The zero-order chi connectivity index (χ0) is 22.1. The van der Waals surface area contributed by atoms with Gasteiger partial charge < -0.3 is 41.2 Å². The van der Waals surface area contributed by atoms with E-state index in [-0.39, 0.29) is 5.91 Å². The number of aliphatic hydroxyl groups excluding tert-OH is 2. The maximum absolute atomic E-state index is 11.4. The summed E-state index contributed by atoms with van der Waals surface area (Å²) in [5, 5.41) is 36.5. The number of carbonyl (C=O) groups is 3. The second kappa shape index (κ2) is 11.0. The number of ether oxygens (including phenoxy) is 1. The summed E-state index contributed by atoms with van der Waals surface area (Å²) in [7, 11) is 1.65. The molecule has 3 atom stereocenters. The van der Waals surface area contributed by atoms with E-state index >= 15 is 0 Å². The van der Waals surface area contributed by atoms with Crippen molar-refractivity contribution in [2.75, 3.05) is 13.7 Å². The van der Waals surface area contributed by atoms with E-state index in [2.05, 4.69) is 10.3 Å². The lowest BCUT2D eigenvalue weighted by Gasteiger charge is -2.07. The van der Waals surface area contributed by atoms with Crippen molar-refractivity contribution in [1.82, 2.24) is 10.3 Å². The predicted molar refractivity (Wildman–Crippen MR) is 102 cm³/mol. The van der Waals surface area contributed by atoms with E-state index in [1.54, 1.807) is 14.0 Å². The molecule has 0 fully saturated rings. The molecule has 1 amide bonds. The van der Waals surface area contributed by atoms with Crippen LogP contribution >= 0.6 is 0 Å². The van der Waals surface area contributed by atoms with Gasteiger partial charge in [0.05, 0.1) is 13.2 Å². The van der Waals surface area contributed by atoms with Crippen molar-refractivity contribution in [2.24, 2.45) is 5.73 Å². The fourth-order valence-corrected chi connectivity index (χ4v) is 2.24. The summed E-state index contributed by atoms with van der Waals surface area (Å²) in [4.78, 5) is 34.1. The number of fused-ring (bicyclic) bond motifs is 1. The maximum Gasteiger partial charge on any atom is 0.335 e. The van der Waals surface area contributed by atoms with Crippen LogP contribution in [0.3, 0.4) is 0 Å². The molecule has 0 bridgehead atoms. The Morgan fingerprint density at radius 1 is 1.17 bits per heavy atom. The van der Waals surface area contributed by atoms with Crippen LogP contribution < -0.4 is 15.8 Å². The van der Waals surface area contributed by atoms with E-state index in [0.717, 1.165) is 28.6 Å². The number of benzene rings is 1. The van der Waals surface area contributed by atoms with Crippen molar-refractivity contribution in [2.45, 2.75) is 31.6 Å². The average Bonchev–Trinajstić information content (AvgIpc) is 3.09. The molecule has 0 radical (unpaired) electrons. The quantitative estimate of drug-likeness (QED) is 0.287. The van der Waals surface area contributed by atoms with Crippen molar-refractivity contribution in [3.05, 3.63) is 30.0 Å². The Labute approximate surface area is 166 Å². The molecule has 2 rings (SSSR count). The number of nitrogens with two attached hydrogens (primary N) is 1. The van der Waals surface area contributed by atoms with Gasteiger partial charge in [0, 0.05) is 23.6 Å². The van der Waals surface area contributed by atoms with Crippen LogP contribution in [0.15, 0.2) is 24.4 Å². The van der Waals surface area contributed by atoms with Crippen LogP contribution in [0.2, 0.25) is 0 Å². The van der Waals surface area contributed by atoms with Gasteiger partial charge in [0.1, 0.15) is 5.75 Å². The van der Waals surface area contributed by atoms with Crippen molar-refractivity contribution >= 4 is 28.7 Å². The summed E-state index contributed by atoms with van der Waals surface area (Å²) in [6.45, 7) is 2.25. The summed E-state index contributed by atoms with van der Waals surface area (Å²) in [6.07, 6.45) is -1.82. The first-order valence-corrected chi connectivity index (χ1v) is 8.57. The molecule has 1 aromatic carbocycles. The Morgan fingerprint density at radius 2 is 1.76 bits per heavy atom. The summed E-state index contributed by atoms with van der Waals surface area (Å²) < 4.78 is 5.22. The van der Waals surface area contributed by atoms with Gasteiger partial charge in [-0.2, -0.15) is 0 Å². The molecule has 0 saturated heterocycles. The van der Waals surface area contributed by atoms with Gasteiger partial charge in [-0.05, 0) is 37.1 Å². The Morgan fingerprint density at radius 3 is 2.24 bits per heavy atom. The number of carbonyl (C=O) groups excluding carboxylic acids is 1. The highest BCUT2D eigenvalue weighted by Crippen LogP contribution is 2.23. The van der Waals surface area contributed by atoms with E-state index in [9.17, 15) is 14.4 Å². The fourth-order valence-electron chi connectivity index (χ4n) is 2.24. The van der Waals surface area contributed by atoms with Crippen molar-refractivity contribution < 1.29 is 39.5 Å². The minimum Gasteiger partial charge on any atom is -0.497 e. The summed E-state index contributed by atoms with van der Waals surface area (Å²) in [6, 6.07) is 5.43. The smallest absolute Gasteiger partial charge is 0.335 e. The van der Waals surface area contributed by atoms with Gasteiger partial charge >= 0.3 is 11.9 Å². The lowest BCUT2D eigenvalue weighted by Crippen LogP contribution is -2.39. The van der Waals surface area contributed by atoms with Gasteiger partial charge in [0.15, 0.2) is 12.2 Å². The third kappa shape index (κ3) is 7.07. The molecule has 11 nitrogen and oxygen atoms in total. The van der Waals surface area contributed by atoms with Crippen LogP contribution in [-0.4, -0.2) is 75.2 Å². The second-order valence-electron chi connectivity index (χ2n) is 6.12. The molecule has 1 aromatic heterocycles. The number of hydrogen-bond acceptors (Lipinski definition) is 7. The minimum absolute atomic E-state index is 0.127. The van der Waals surface area contributed by atoms with Gasteiger partial charge in [-0.15, -0.1) is 0 Å². The van der Waals surface area contributed by atoms with Gasteiger partial charge in [-0.25, -0.2) is 9.59 Å². The molecule has 2 aromatic rings. The molecule has 160 valence electrons. The maximum atomic E-state index is 11.4. The first-order chi connectivity index (χ1) is 13.6. The number of nitrogens with one attached hydrogen (secondary N) is 2. The van der Waals surface area contributed by atoms with Crippen LogP contribution in [0.1, 0.15) is 12.5 Å². The SMILES string of the molecule is COc1ccc2[nH]cc(CCNC(=O)C(C)N)c2c1.O=C(O)C(O)C(O)C(=O)O. The highest BCUT2D eigenvalue weighted by atomic mass is 16.5. The number of carboxylic acids is 2. The minimum atomic E-state index is -2.27. The molecule has 1 heterocycles. The van der Waals surface area contributed by atoms with Gasteiger partial charge in [0.2, 0.25) is 5.91 Å². The van der Waals surface area contributed by atoms with Crippen LogP contribution in [-0.2, 0) is 20.8 Å². The Bertz CT molecular complexity index is 831. The first-order valence-electron chi connectivity index (χ1n) is 8.57. The zero-order valence-electron chi connectivity index (χ0n) is 16.0. The number of H-pyrrole nitrogens is 1. The molecule has 0 aliphatic carbocycles. The van der Waals surface area contributed by atoms with Gasteiger partial charge in [-0.3, -0.25) is 4.79 Å². The second-order valence-corrected chi connectivity index (χ2v) is 6.12. The number of aliphatic carboxylic acids is 2. The van der Waals surface area contributed by atoms with E-state index < -0.39 is 30.2 Å². The number of aromatic nitrogens is 1. The van der Waals surface area contributed by atoms with Crippen LogP contribution in [0.5, 0.6) is 5.75 Å². The molecule has 3 unspecified atom stereocenters. The first kappa shape index (κ1) is 23.9. The van der Waals surface area contributed by atoms with Crippen molar-refractivity contribution in [3.8, 4) is 5.75 Å². The molecule has 8 N–H and O–H groups in total. The normalized spacial score (nSPS) is 13.6. The molecule has 0 spiro atoms. The third-order valence-corrected chi connectivity index (χ3v) is 3.89. The molecule has 0 aliphatic rings. The lowest BCUT2D eigenvalue weighted by atomic mass is 10.1. The van der Waals surface area contributed by atoms with E-state index in [1.165, 1.54) is 0 Å². The number of amides is 1. The topological polar surface area (TPSA) is 195 Å². The number of aromatic amines is 1. The number of aliphatic hydroxyl groups is 2. The largest absolute Gasteiger partial charge is 0.497 e. The van der Waals surface area contributed by atoms with E-state index in [1.807, 2.05) is 24.4 Å². The van der Waals surface area contributed by atoms with Crippen molar-refractivity contribution in [3.63, 3.8) is 0 Å². The molecule has 0 saturated carbocycles. The zero-order valence-corrected chi connectivity index (χ0v) is 16.0. The average molecular weight is 411 g/mol. The molecular formula is C18H25N3O8. The number of hydrogen-bond donors (Lipinski definition) is 7. The molecule has 11 heteroatoms. The number of carboxylic acid groups (broad SMARTS) is 2. The number of methoxy groups -OCH3 is 1. The molecule has 0 aliphatic heterocycles. The van der Waals surface area contributed by atoms with Gasteiger partial charge in [0.25, 0.3) is 0 Å². The third-order valence-electron chi connectivity index (χ3n) is 3.89. The van der Waals surface area contributed by atoms with E-state index in [0.29, 0.717) is 6.54 Å². The summed E-state index contributed by atoms with van der Waals surface area (Å²) >= 11 is 0. The predicted octanol–water partition coefficient (Wildman–Crippen LogP) is -0.940. The lowest BCUT2D eigenvalue weighted by molar-refractivity contribution is -0.165. The van der Waals surface area contributed by atoms with Crippen LogP contribution in [0, 0.1) is 0 Å². The highest BCUT2D eigenvalue weighted by Gasteiger charge is 2.29. The van der Waals surface area contributed by atoms with Crippen molar-refractivity contribution in [1.29, 1.82) is 0 Å². The number of rotatable bonds is 8. The standard InChI is InChI=1S/C14H19N3O2.C4H6O6/c1-9(15)14(18)16-6-5-10-8-17-13-4-3-11(19-2)7-12(10)13;5-1(3(7)8)2(6)4(9)10/h3-4,7-9,17H,5-6,15H2,1-2H3,(H,16,18);1-2,5-6H,(H,7,8)(H,9,10). The van der Waals surface area contributed by atoms with Gasteiger partial charge in [-0.1, -0.05) is 0 Å². The fraction of sp³-hybridized carbons (Fsp3) is 0.389. The Balaban J connectivity index is 0.000000359. The van der Waals surface area contributed by atoms with Crippen LogP contribution in [0.25, 0.3) is 10.9 Å². The highest BCUT2D eigenvalue weighted by molar-refractivity contribution is 5.85. The molecular weight excluding hydrogens is 386 g/mol.